The van der Waals surface area contributed by atoms with Crippen LogP contribution in [-0.4, -0.2) is 24.5 Å². The van der Waals surface area contributed by atoms with Gasteiger partial charge in [0.1, 0.15) is 0 Å². The molecule has 0 saturated heterocycles. The summed E-state index contributed by atoms with van der Waals surface area (Å²) in [5.74, 6) is -0.712. The van der Waals surface area contributed by atoms with Crippen LogP contribution in [0.3, 0.4) is 0 Å². The molecule has 0 atom stereocenters. The smallest absolute Gasteiger partial charge is 0.243 e. The number of carbonyl (C=O) groups excluding carboxylic acids is 3. The molecule has 0 aliphatic carbocycles. The molecule has 0 rings (SSSR count). The zero-order valence-corrected chi connectivity index (χ0v) is 6.71. The summed E-state index contributed by atoms with van der Waals surface area (Å²) in [6.45, 7) is 3.65. The van der Waals surface area contributed by atoms with Crippen LogP contribution >= 0.6 is 0 Å². The van der Waals surface area contributed by atoms with Crippen molar-refractivity contribution in [1.82, 2.24) is 5.32 Å². The second kappa shape index (κ2) is 6.27. The van der Waals surface area contributed by atoms with Gasteiger partial charge in [-0.2, -0.15) is 0 Å². The van der Waals surface area contributed by atoms with E-state index in [1.807, 2.05) is 0 Å². The Labute approximate surface area is 70.6 Å². The average Bonchev–Trinajstić information content (AvgIpc) is 2.11. The van der Waals surface area contributed by atoms with Gasteiger partial charge in [-0.3, -0.25) is 14.4 Å². The van der Waals surface area contributed by atoms with Crippen molar-refractivity contribution in [3.05, 3.63) is 12.7 Å². The molecular weight excluding hydrogens is 158 g/mol. The Morgan fingerprint density at radius 3 is 2.58 bits per heavy atom. The van der Waals surface area contributed by atoms with Crippen LogP contribution in [0.1, 0.15) is 12.8 Å². The Morgan fingerprint density at radius 2 is 2.08 bits per heavy atom. The van der Waals surface area contributed by atoms with Crippen LogP contribution in [0.5, 0.6) is 0 Å². The lowest BCUT2D eigenvalue weighted by Gasteiger charge is -1.98. The van der Waals surface area contributed by atoms with E-state index in [9.17, 15) is 14.4 Å². The van der Waals surface area contributed by atoms with Crippen molar-refractivity contribution < 1.29 is 14.4 Å². The summed E-state index contributed by atoms with van der Waals surface area (Å²) in [7, 11) is 0. The van der Waals surface area contributed by atoms with E-state index in [2.05, 4.69) is 11.9 Å². The van der Waals surface area contributed by atoms with E-state index in [1.165, 1.54) is 0 Å². The number of hydrogen-bond acceptors (Lipinski definition) is 3. The third kappa shape index (κ3) is 5.34. The van der Waals surface area contributed by atoms with Crippen molar-refractivity contribution in [3.8, 4) is 0 Å². The maximum absolute atomic E-state index is 10.5. The van der Waals surface area contributed by atoms with E-state index in [4.69, 9.17) is 0 Å². The third-order valence-corrected chi connectivity index (χ3v) is 1.22. The van der Waals surface area contributed by atoms with Crippen molar-refractivity contribution >= 4 is 18.0 Å². The van der Waals surface area contributed by atoms with Gasteiger partial charge in [0.25, 0.3) is 0 Å². The molecule has 0 unspecified atom stereocenters. The lowest BCUT2D eigenvalue weighted by molar-refractivity contribution is -0.129. The van der Waals surface area contributed by atoms with Crippen LogP contribution < -0.4 is 5.32 Å². The Hall–Kier alpha value is -1.45. The van der Waals surface area contributed by atoms with Gasteiger partial charge >= 0.3 is 0 Å². The number of rotatable bonds is 6. The van der Waals surface area contributed by atoms with Crippen molar-refractivity contribution in [2.45, 2.75) is 12.8 Å². The zero-order chi connectivity index (χ0) is 9.40. The van der Waals surface area contributed by atoms with Gasteiger partial charge in [-0.05, 0) is 12.5 Å². The van der Waals surface area contributed by atoms with Gasteiger partial charge in [-0.25, -0.2) is 0 Å². The second-order valence-electron chi connectivity index (χ2n) is 2.18. The summed E-state index contributed by atoms with van der Waals surface area (Å²) in [5, 5.41) is 2.49. The first-order chi connectivity index (χ1) is 5.70. The average molecular weight is 169 g/mol. The Bertz CT molecular complexity index is 176. The molecule has 0 aromatic carbocycles. The molecule has 0 radical (unpaired) electrons. The molecule has 0 aromatic heterocycles. The van der Waals surface area contributed by atoms with Gasteiger partial charge in [0.2, 0.25) is 5.91 Å². The van der Waals surface area contributed by atoms with Gasteiger partial charge in [0.15, 0.2) is 12.1 Å². The number of amides is 1. The Morgan fingerprint density at radius 1 is 1.42 bits per heavy atom. The fraction of sp³-hybridized carbons (Fsp3) is 0.375. The van der Waals surface area contributed by atoms with E-state index >= 15 is 0 Å². The highest BCUT2D eigenvalue weighted by molar-refractivity contribution is 6.24. The molecule has 0 bridgehead atoms. The summed E-state index contributed by atoms with van der Waals surface area (Å²) in [6, 6.07) is 0. The van der Waals surface area contributed by atoms with Gasteiger partial charge in [-0.15, -0.1) is 0 Å². The minimum Gasteiger partial charge on any atom is -0.353 e. The first-order valence-corrected chi connectivity index (χ1v) is 3.59. The van der Waals surface area contributed by atoms with Crippen LogP contribution in [0.2, 0.25) is 0 Å². The number of nitrogens with one attached hydrogen (secondary N) is 1. The quantitative estimate of drug-likeness (QED) is 0.260. The molecule has 4 nitrogen and oxygen atoms in total. The second-order valence-corrected chi connectivity index (χ2v) is 2.18. The summed E-state index contributed by atoms with van der Waals surface area (Å²) < 4.78 is 0. The predicted octanol–water partition coefficient (Wildman–Crippen LogP) is -0.163. The number of carbonyl (C=O) groups is 3. The SMILES string of the molecule is C=CC(=O)NCCCC(=O)C=O. The normalized spacial score (nSPS) is 8.67. The number of ketones is 1. The minimum absolute atomic E-state index is 0.181. The highest BCUT2D eigenvalue weighted by Gasteiger charge is 1.98. The molecular formula is C8H11NO3. The van der Waals surface area contributed by atoms with E-state index in [0.717, 1.165) is 6.08 Å². The molecule has 0 saturated carbocycles. The van der Waals surface area contributed by atoms with Crippen LogP contribution in [0, 0.1) is 0 Å². The number of hydrogen-bond donors (Lipinski definition) is 1. The van der Waals surface area contributed by atoms with Crippen molar-refractivity contribution in [2.24, 2.45) is 0 Å². The molecule has 4 heteroatoms. The highest BCUT2D eigenvalue weighted by Crippen LogP contribution is 1.86. The fourth-order valence-corrected chi connectivity index (χ4v) is 0.605. The zero-order valence-electron chi connectivity index (χ0n) is 6.71. The summed E-state index contributed by atoms with van der Waals surface area (Å²) in [5.41, 5.74) is 0. The number of Topliss-reactive ketones (excluding diaryl/α,β-unsaturated/α-hetero) is 1. The van der Waals surface area contributed by atoms with Gasteiger partial charge in [0, 0.05) is 13.0 Å². The van der Waals surface area contributed by atoms with Crippen molar-refractivity contribution in [2.75, 3.05) is 6.54 Å². The molecule has 0 spiro atoms. The first kappa shape index (κ1) is 10.6. The molecule has 0 aliphatic rings. The number of aldehydes is 1. The van der Waals surface area contributed by atoms with Crippen LogP contribution in [0.15, 0.2) is 12.7 Å². The Kier molecular flexibility index (Phi) is 5.51. The molecule has 0 aliphatic heterocycles. The van der Waals surface area contributed by atoms with E-state index < -0.39 is 5.78 Å². The largest absolute Gasteiger partial charge is 0.353 e. The minimum atomic E-state index is -0.442. The van der Waals surface area contributed by atoms with Crippen molar-refractivity contribution in [3.63, 3.8) is 0 Å². The van der Waals surface area contributed by atoms with Gasteiger partial charge in [0.05, 0.1) is 0 Å². The highest BCUT2D eigenvalue weighted by atomic mass is 16.2. The topological polar surface area (TPSA) is 63.2 Å². The van der Waals surface area contributed by atoms with Crippen LogP contribution in [-0.2, 0) is 14.4 Å². The third-order valence-electron chi connectivity index (χ3n) is 1.22. The fourth-order valence-electron chi connectivity index (χ4n) is 0.605. The predicted molar refractivity (Wildman–Crippen MR) is 43.5 cm³/mol. The molecule has 0 heterocycles. The molecule has 66 valence electrons. The van der Waals surface area contributed by atoms with E-state index in [1.54, 1.807) is 0 Å². The van der Waals surface area contributed by atoms with Crippen molar-refractivity contribution in [1.29, 1.82) is 0 Å². The summed E-state index contributed by atoms with van der Waals surface area (Å²) in [4.78, 5) is 30.8. The molecule has 1 amide bonds. The lowest BCUT2D eigenvalue weighted by atomic mass is 10.2. The van der Waals surface area contributed by atoms with E-state index in [-0.39, 0.29) is 18.6 Å². The summed E-state index contributed by atoms with van der Waals surface area (Å²) in [6.07, 6.45) is 2.11. The molecule has 0 fully saturated rings. The maximum Gasteiger partial charge on any atom is 0.243 e. The van der Waals surface area contributed by atoms with Crippen LogP contribution in [0.25, 0.3) is 0 Å². The molecule has 1 N–H and O–H groups in total. The van der Waals surface area contributed by atoms with Crippen LogP contribution in [0.4, 0.5) is 0 Å². The maximum atomic E-state index is 10.5. The lowest BCUT2D eigenvalue weighted by Crippen LogP contribution is -2.22. The summed E-state index contributed by atoms with van der Waals surface area (Å²) >= 11 is 0. The van der Waals surface area contributed by atoms with E-state index in [0.29, 0.717) is 13.0 Å². The monoisotopic (exact) mass is 169 g/mol. The van der Waals surface area contributed by atoms with Gasteiger partial charge in [-0.1, -0.05) is 6.58 Å². The van der Waals surface area contributed by atoms with Gasteiger partial charge < -0.3 is 5.32 Å². The Balaban J connectivity index is 3.32. The molecule has 0 aromatic rings. The molecule has 12 heavy (non-hydrogen) atoms. The standard InChI is InChI=1S/C8H11NO3/c1-2-8(12)9-5-3-4-7(11)6-10/h2,6H,1,3-5H2,(H,9,12). The first-order valence-electron chi connectivity index (χ1n) is 3.59.